The molecule has 2 rings (SSSR count). The zero-order chi connectivity index (χ0) is 18.8. The van der Waals surface area contributed by atoms with Gasteiger partial charge in [-0.3, -0.25) is 4.99 Å². The zero-order valence-corrected chi connectivity index (χ0v) is 17.1. The van der Waals surface area contributed by atoms with Crippen molar-refractivity contribution >= 4 is 29.2 Å². The Morgan fingerprint density at radius 2 is 2.00 bits per heavy atom. The summed E-state index contributed by atoms with van der Waals surface area (Å²) in [7, 11) is 0. The van der Waals surface area contributed by atoms with Gasteiger partial charge >= 0.3 is 0 Å². The minimum Gasteiger partial charge on any atom is -0.381 e. The third-order valence-corrected chi connectivity index (χ3v) is 5.13. The first-order valence-electron chi connectivity index (χ1n) is 9.24. The molecule has 1 saturated heterocycles. The number of guanidine groups is 1. The van der Waals surface area contributed by atoms with E-state index in [0.29, 0.717) is 43.0 Å². The lowest BCUT2D eigenvalue weighted by Gasteiger charge is -2.37. The zero-order valence-electron chi connectivity index (χ0n) is 15.6. The summed E-state index contributed by atoms with van der Waals surface area (Å²) in [6.45, 7) is 9.00. The SMILES string of the molecule is CCNC(=NCC1(c2ccc(Cl)cc2Cl)CCOCC1)NCCOCC. The molecule has 1 aliphatic rings. The quantitative estimate of drug-likeness (QED) is 0.396. The van der Waals surface area contributed by atoms with Gasteiger partial charge in [0.2, 0.25) is 0 Å². The normalized spacial score (nSPS) is 17.2. The summed E-state index contributed by atoms with van der Waals surface area (Å²) < 4.78 is 11.0. The van der Waals surface area contributed by atoms with Crippen LogP contribution >= 0.6 is 23.2 Å². The second kappa shape index (κ2) is 11.0. The highest BCUT2D eigenvalue weighted by atomic mass is 35.5. The van der Waals surface area contributed by atoms with Crippen LogP contribution in [0.3, 0.4) is 0 Å². The van der Waals surface area contributed by atoms with Crippen LogP contribution in [0.1, 0.15) is 32.3 Å². The number of rotatable bonds is 8. The largest absolute Gasteiger partial charge is 0.381 e. The van der Waals surface area contributed by atoms with Crippen LogP contribution in [-0.4, -0.2) is 52.0 Å². The van der Waals surface area contributed by atoms with Crippen molar-refractivity contribution in [3.8, 4) is 0 Å². The van der Waals surface area contributed by atoms with Crippen LogP contribution in [0.2, 0.25) is 10.0 Å². The molecule has 1 heterocycles. The minimum atomic E-state index is -0.137. The lowest BCUT2D eigenvalue weighted by Crippen LogP contribution is -2.42. The van der Waals surface area contributed by atoms with E-state index in [0.717, 1.165) is 37.5 Å². The van der Waals surface area contributed by atoms with E-state index in [-0.39, 0.29) is 5.41 Å². The molecule has 1 aromatic carbocycles. The van der Waals surface area contributed by atoms with Crippen molar-refractivity contribution in [3.63, 3.8) is 0 Å². The van der Waals surface area contributed by atoms with Gasteiger partial charge in [-0.1, -0.05) is 29.3 Å². The first-order valence-corrected chi connectivity index (χ1v) is 10.00. The van der Waals surface area contributed by atoms with Crippen LogP contribution in [0.5, 0.6) is 0 Å². The van der Waals surface area contributed by atoms with Crippen molar-refractivity contribution in [3.05, 3.63) is 33.8 Å². The van der Waals surface area contributed by atoms with E-state index >= 15 is 0 Å². The Morgan fingerprint density at radius 1 is 1.23 bits per heavy atom. The average Bonchev–Trinajstić information content (AvgIpc) is 2.64. The highest BCUT2D eigenvalue weighted by Gasteiger charge is 2.36. The number of benzene rings is 1. The predicted molar refractivity (Wildman–Crippen MR) is 109 cm³/mol. The molecule has 1 aromatic rings. The molecule has 0 saturated carbocycles. The summed E-state index contributed by atoms with van der Waals surface area (Å²) in [6.07, 6.45) is 1.77. The topological polar surface area (TPSA) is 54.9 Å². The second-order valence-electron chi connectivity index (χ2n) is 6.34. The Labute approximate surface area is 166 Å². The van der Waals surface area contributed by atoms with Gasteiger partial charge in [-0.25, -0.2) is 0 Å². The molecule has 26 heavy (non-hydrogen) atoms. The van der Waals surface area contributed by atoms with Gasteiger partial charge in [-0.2, -0.15) is 0 Å². The highest BCUT2D eigenvalue weighted by molar-refractivity contribution is 6.35. The van der Waals surface area contributed by atoms with Gasteiger partial charge in [0, 0.05) is 48.4 Å². The Hall–Kier alpha value is -1.01. The average molecular weight is 402 g/mol. The van der Waals surface area contributed by atoms with Gasteiger partial charge in [0.1, 0.15) is 0 Å². The molecule has 0 radical (unpaired) electrons. The molecule has 0 bridgehead atoms. The fourth-order valence-electron chi connectivity index (χ4n) is 3.15. The van der Waals surface area contributed by atoms with Gasteiger partial charge in [0.15, 0.2) is 5.96 Å². The number of aliphatic imine (C=N–C) groups is 1. The lowest BCUT2D eigenvalue weighted by molar-refractivity contribution is 0.0531. The molecular weight excluding hydrogens is 373 g/mol. The molecule has 7 heteroatoms. The molecule has 1 fully saturated rings. The summed E-state index contributed by atoms with van der Waals surface area (Å²) >= 11 is 12.6. The first kappa shape index (κ1) is 21.3. The fraction of sp³-hybridized carbons (Fsp3) is 0.632. The summed E-state index contributed by atoms with van der Waals surface area (Å²) in [5.41, 5.74) is 0.961. The molecular formula is C19H29Cl2N3O2. The molecule has 0 aromatic heterocycles. The Kier molecular flexibility index (Phi) is 8.99. The van der Waals surface area contributed by atoms with E-state index in [1.165, 1.54) is 0 Å². The van der Waals surface area contributed by atoms with Crippen LogP contribution in [-0.2, 0) is 14.9 Å². The summed E-state index contributed by atoms with van der Waals surface area (Å²) in [5, 5.41) is 7.95. The van der Waals surface area contributed by atoms with Crippen LogP contribution in [0.25, 0.3) is 0 Å². The van der Waals surface area contributed by atoms with Crippen LogP contribution in [0.4, 0.5) is 0 Å². The maximum atomic E-state index is 6.53. The Balaban J connectivity index is 2.17. The standard InChI is InChI=1S/C19H29Cl2N3O2/c1-3-22-18(23-9-12-25-4-2)24-14-19(7-10-26-11-8-19)16-6-5-15(20)13-17(16)21/h5-6,13H,3-4,7-12,14H2,1-2H3,(H2,22,23,24). The smallest absolute Gasteiger partial charge is 0.191 e. The molecule has 1 aliphatic heterocycles. The van der Waals surface area contributed by atoms with Crippen LogP contribution in [0.15, 0.2) is 23.2 Å². The first-order chi connectivity index (χ1) is 12.6. The number of halogens is 2. The van der Waals surface area contributed by atoms with Crippen molar-refractivity contribution in [2.45, 2.75) is 32.1 Å². The maximum Gasteiger partial charge on any atom is 0.191 e. The minimum absolute atomic E-state index is 0.137. The molecule has 0 unspecified atom stereocenters. The number of nitrogens with one attached hydrogen (secondary N) is 2. The fourth-order valence-corrected chi connectivity index (χ4v) is 3.76. The van der Waals surface area contributed by atoms with Crippen molar-refractivity contribution in [2.75, 3.05) is 46.1 Å². The Bertz CT molecular complexity index is 590. The molecule has 5 nitrogen and oxygen atoms in total. The van der Waals surface area contributed by atoms with Gasteiger partial charge in [0.25, 0.3) is 0 Å². The predicted octanol–water partition coefficient (Wildman–Crippen LogP) is 3.63. The van der Waals surface area contributed by atoms with E-state index < -0.39 is 0 Å². The van der Waals surface area contributed by atoms with Crippen molar-refractivity contribution in [2.24, 2.45) is 4.99 Å². The maximum absolute atomic E-state index is 6.53. The number of hydrogen-bond donors (Lipinski definition) is 2. The molecule has 2 N–H and O–H groups in total. The van der Waals surface area contributed by atoms with Gasteiger partial charge < -0.3 is 20.1 Å². The lowest BCUT2D eigenvalue weighted by atomic mass is 9.74. The summed E-state index contributed by atoms with van der Waals surface area (Å²) in [4.78, 5) is 4.84. The van der Waals surface area contributed by atoms with E-state index in [2.05, 4.69) is 17.6 Å². The molecule has 0 spiro atoms. The van der Waals surface area contributed by atoms with Crippen LogP contribution in [0, 0.1) is 0 Å². The van der Waals surface area contributed by atoms with E-state index in [1.54, 1.807) is 0 Å². The molecule has 146 valence electrons. The number of hydrogen-bond acceptors (Lipinski definition) is 3. The third kappa shape index (κ3) is 6.02. The molecule has 0 aliphatic carbocycles. The van der Waals surface area contributed by atoms with Gasteiger partial charge in [0.05, 0.1) is 13.2 Å². The van der Waals surface area contributed by atoms with Crippen LogP contribution < -0.4 is 10.6 Å². The van der Waals surface area contributed by atoms with E-state index in [9.17, 15) is 0 Å². The highest BCUT2D eigenvalue weighted by Crippen LogP contribution is 2.39. The molecule has 0 atom stereocenters. The van der Waals surface area contributed by atoms with E-state index in [1.807, 2.05) is 25.1 Å². The van der Waals surface area contributed by atoms with Crippen molar-refractivity contribution < 1.29 is 9.47 Å². The second-order valence-corrected chi connectivity index (χ2v) is 7.18. The number of ether oxygens (including phenoxy) is 2. The molecule has 0 amide bonds. The van der Waals surface area contributed by atoms with Gasteiger partial charge in [-0.05, 0) is 44.4 Å². The van der Waals surface area contributed by atoms with Gasteiger partial charge in [-0.15, -0.1) is 0 Å². The summed E-state index contributed by atoms with van der Waals surface area (Å²) in [5.74, 6) is 0.795. The third-order valence-electron chi connectivity index (χ3n) is 4.58. The summed E-state index contributed by atoms with van der Waals surface area (Å²) in [6, 6.07) is 5.74. The number of nitrogens with zero attached hydrogens (tertiary/aromatic N) is 1. The van der Waals surface area contributed by atoms with Crippen molar-refractivity contribution in [1.82, 2.24) is 10.6 Å². The van der Waals surface area contributed by atoms with E-state index in [4.69, 9.17) is 37.7 Å². The Morgan fingerprint density at radius 3 is 2.65 bits per heavy atom. The van der Waals surface area contributed by atoms with Crippen molar-refractivity contribution in [1.29, 1.82) is 0 Å². The monoisotopic (exact) mass is 401 g/mol.